The van der Waals surface area contributed by atoms with Gasteiger partial charge >= 0.3 is 5.97 Å². The van der Waals surface area contributed by atoms with E-state index in [1.54, 1.807) is 35.2 Å². The number of anilines is 1. The van der Waals surface area contributed by atoms with Gasteiger partial charge in [0.15, 0.2) is 5.79 Å². The highest BCUT2D eigenvalue weighted by Crippen LogP contribution is 2.47. The van der Waals surface area contributed by atoms with Gasteiger partial charge in [-0.15, -0.1) is 0 Å². The van der Waals surface area contributed by atoms with E-state index in [9.17, 15) is 14.7 Å². The van der Waals surface area contributed by atoms with E-state index >= 15 is 0 Å². The predicted molar refractivity (Wildman–Crippen MR) is 128 cm³/mol. The van der Waals surface area contributed by atoms with E-state index in [1.807, 2.05) is 24.3 Å². The molecule has 2 aliphatic rings. The first-order chi connectivity index (χ1) is 16.2. The van der Waals surface area contributed by atoms with Crippen LogP contribution in [0.1, 0.15) is 57.6 Å². The monoisotopic (exact) mass is 466 g/mol. The molecule has 0 saturated heterocycles. The third-order valence-electron chi connectivity index (χ3n) is 6.26. The summed E-state index contributed by atoms with van der Waals surface area (Å²) in [6.45, 7) is 13.5. The Balaban J connectivity index is 0.000000406. The fourth-order valence-electron chi connectivity index (χ4n) is 4.42. The second kappa shape index (κ2) is 10.7. The van der Waals surface area contributed by atoms with Gasteiger partial charge in [-0.3, -0.25) is 4.79 Å². The molecule has 2 aromatic carbocycles. The summed E-state index contributed by atoms with van der Waals surface area (Å²) >= 11 is 0. The van der Waals surface area contributed by atoms with Gasteiger partial charge in [-0.1, -0.05) is 48.5 Å². The molecule has 0 saturated carbocycles. The van der Waals surface area contributed by atoms with Crippen LogP contribution in [0.15, 0.2) is 66.1 Å². The summed E-state index contributed by atoms with van der Waals surface area (Å²) in [6.07, 6.45) is 0. The Labute approximate surface area is 201 Å². The summed E-state index contributed by atoms with van der Waals surface area (Å²) in [5.74, 6) is -4.69. The van der Waals surface area contributed by atoms with Crippen molar-refractivity contribution in [2.24, 2.45) is 0 Å². The van der Waals surface area contributed by atoms with Crippen molar-refractivity contribution in [2.45, 2.75) is 52.2 Å². The number of benzene rings is 2. The van der Waals surface area contributed by atoms with E-state index in [1.165, 1.54) is 33.5 Å². The van der Waals surface area contributed by atoms with Gasteiger partial charge in [-0.25, -0.2) is 4.79 Å². The van der Waals surface area contributed by atoms with Crippen LogP contribution in [0.2, 0.25) is 0 Å². The number of nitrogens with one attached hydrogen (secondary N) is 2. The topological polar surface area (TPSA) is 92.1 Å². The highest BCUT2D eigenvalue weighted by molar-refractivity contribution is 6.05. The average Bonchev–Trinajstić information content (AvgIpc) is 3.13. The molecule has 7 heteroatoms. The maximum absolute atomic E-state index is 12.8. The lowest BCUT2D eigenvalue weighted by molar-refractivity contribution is -0.894. The van der Waals surface area contributed by atoms with Crippen LogP contribution >= 0.6 is 0 Å². The Morgan fingerprint density at radius 2 is 1.53 bits per heavy atom. The van der Waals surface area contributed by atoms with Crippen molar-refractivity contribution in [2.75, 3.05) is 25.0 Å². The minimum atomic E-state index is -1.34. The Kier molecular flexibility index (Phi) is 7.99. The van der Waals surface area contributed by atoms with Crippen LogP contribution in [0.4, 0.5) is 5.69 Å². The van der Waals surface area contributed by atoms with Gasteiger partial charge in [0.05, 0.1) is 37.1 Å². The summed E-state index contributed by atoms with van der Waals surface area (Å²) in [4.78, 5) is 27.2. The van der Waals surface area contributed by atoms with Crippen molar-refractivity contribution in [3.8, 4) is 0 Å². The SMILES string of the molecule is CC1(C)OC(=O)C(C(c2ccccc2)C2C(=O)Nc3ccccc32)=C([O-])O1.CC[NH+](CC)CC. The molecule has 34 heavy (non-hydrogen) atoms. The molecule has 7 nitrogen and oxygen atoms in total. The molecule has 0 radical (unpaired) electrons. The Morgan fingerprint density at radius 1 is 0.941 bits per heavy atom. The molecule has 2 N–H and O–H groups in total. The average molecular weight is 467 g/mol. The van der Waals surface area contributed by atoms with Crippen molar-refractivity contribution in [3.05, 3.63) is 77.2 Å². The maximum atomic E-state index is 12.8. The Hall–Kier alpha value is -3.32. The second-order valence-corrected chi connectivity index (χ2v) is 8.85. The van der Waals surface area contributed by atoms with Crippen molar-refractivity contribution < 1.29 is 29.1 Å². The van der Waals surface area contributed by atoms with Crippen molar-refractivity contribution >= 4 is 17.6 Å². The molecule has 2 unspecified atom stereocenters. The number of hydrogen-bond acceptors (Lipinski definition) is 5. The first-order valence-corrected chi connectivity index (χ1v) is 11.8. The number of carbonyl (C=O) groups excluding carboxylic acids is 2. The fraction of sp³-hybridized carbons (Fsp3) is 0.407. The fourth-order valence-corrected chi connectivity index (χ4v) is 4.42. The van der Waals surface area contributed by atoms with Crippen LogP contribution < -0.4 is 15.3 Å². The molecule has 1 amide bonds. The first-order valence-electron chi connectivity index (χ1n) is 11.8. The van der Waals surface area contributed by atoms with Crippen LogP contribution in [0.5, 0.6) is 0 Å². The zero-order valence-electron chi connectivity index (χ0n) is 20.5. The zero-order chi connectivity index (χ0) is 24.9. The number of esters is 1. The van der Waals surface area contributed by atoms with Crippen LogP contribution in [0, 0.1) is 0 Å². The smallest absolute Gasteiger partial charge is 0.337 e. The second-order valence-electron chi connectivity index (χ2n) is 8.85. The number of carbonyl (C=O) groups is 2. The molecule has 2 aliphatic heterocycles. The Bertz CT molecular complexity index is 1040. The van der Waals surface area contributed by atoms with E-state index in [4.69, 9.17) is 9.47 Å². The molecule has 2 atom stereocenters. The molecule has 0 aliphatic carbocycles. The molecule has 2 aromatic rings. The number of hydrogen-bond donors (Lipinski definition) is 2. The normalized spacial score (nSPS) is 19.4. The largest absolute Gasteiger partial charge is 0.575 e. The Morgan fingerprint density at radius 3 is 2.09 bits per heavy atom. The minimum Gasteiger partial charge on any atom is -0.575 e. The van der Waals surface area contributed by atoms with E-state index in [0.29, 0.717) is 11.3 Å². The van der Waals surface area contributed by atoms with Gasteiger partial charge < -0.3 is 24.8 Å². The predicted octanol–water partition coefficient (Wildman–Crippen LogP) is 2.32. The van der Waals surface area contributed by atoms with Gasteiger partial charge in [0.2, 0.25) is 5.91 Å². The number of ether oxygens (including phenoxy) is 2. The highest BCUT2D eigenvalue weighted by Gasteiger charge is 2.44. The summed E-state index contributed by atoms with van der Waals surface area (Å²) in [6, 6.07) is 16.2. The lowest BCUT2D eigenvalue weighted by Gasteiger charge is -2.41. The molecule has 0 fully saturated rings. The van der Waals surface area contributed by atoms with Crippen molar-refractivity contribution in [1.82, 2.24) is 0 Å². The molecular weight excluding hydrogens is 432 g/mol. The van der Waals surface area contributed by atoms with Crippen LogP contribution in [0.3, 0.4) is 0 Å². The van der Waals surface area contributed by atoms with Crippen molar-refractivity contribution in [1.29, 1.82) is 0 Å². The maximum Gasteiger partial charge on any atom is 0.337 e. The minimum absolute atomic E-state index is 0.169. The van der Waals surface area contributed by atoms with Gasteiger partial charge in [0, 0.05) is 11.6 Å². The number of quaternary nitrogens is 1. The molecule has 2 heterocycles. The van der Waals surface area contributed by atoms with E-state index in [-0.39, 0.29) is 11.5 Å². The van der Waals surface area contributed by atoms with Gasteiger partial charge in [0.25, 0.3) is 0 Å². The summed E-state index contributed by atoms with van der Waals surface area (Å²) in [5, 5.41) is 15.5. The molecule has 0 bridgehead atoms. The number of cyclic esters (lactones) is 1. The lowest BCUT2D eigenvalue weighted by atomic mass is 9.77. The summed E-state index contributed by atoms with van der Waals surface area (Å²) in [5.41, 5.74) is 1.90. The molecular formula is C27H34N2O5. The van der Waals surface area contributed by atoms with Crippen molar-refractivity contribution in [3.63, 3.8) is 0 Å². The highest BCUT2D eigenvalue weighted by atomic mass is 16.8. The number of fused-ring (bicyclic) bond motifs is 1. The third-order valence-corrected chi connectivity index (χ3v) is 6.26. The summed E-state index contributed by atoms with van der Waals surface area (Å²) < 4.78 is 10.6. The van der Waals surface area contributed by atoms with E-state index < -0.39 is 29.5 Å². The molecule has 182 valence electrons. The number of para-hydroxylation sites is 1. The third kappa shape index (κ3) is 5.42. The first kappa shape index (κ1) is 25.3. The van der Waals surface area contributed by atoms with Crippen LogP contribution in [0.25, 0.3) is 0 Å². The van der Waals surface area contributed by atoms with E-state index in [0.717, 1.165) is 5.56 Å². The number of rotatable bonds is 6. The van der Waals surface area contributed by atoms with E-state index in [2.05, 4.69) is 26.1 Å². The molecule has 0 spiro atoms. The lowest BCUT2D eigenvalue weighted by Crippen LogP contribution is -3.11. The quantitative estimate of drug-likeness (QED) is 0.638. The molecule has 0 aromatic heterocycles. The van der Waals surface area contributed by atoms with Gasteiger partial charge in [-0.05, 0) is 51.8 Å². The van der Waals surface area contributed by atoms with Gasteiger partial charge in [-0.2, -0.15) is 0 Å². The molecule has 4 rings (SSSR count). The summed E-state index contributed by atoms with van der Waals surface area (Å²) in [7, 11) is 0. The van der Waals surface area contributed by atoms with Gasteiger partial charge in [0.1, 0.15) is 0 Å². The standard InChI is InChI=1S/C21H19NO5.C6H15N/c1-21(2)26-19(24)17(20(25)27-21)15(12-8-4-3-5-9-12)16-13-10-6-7-11-14(13)22-18(16)23;1-4-7(5-2)6-3/h3-11,15-16,24H,1-2H3,(H,22,23);4-6H2,1-3H3. The number of amides is 1. The zero-order valence-corrected chi connectivity index (χ0v) is 20.5. The van der Waals surface area contributed by atoms with Crippen LogP contribution in [-0.2, 0) is 19.1 Å². The van der Waals surface area contributed by atoms with Crippen LogP contribution in [-0.4, -0.2) is 37.3 Å².